The number of carbonyl (C=O) groups is 1. The van der Waals surface area contributed by atoms with E-state index in [-0.39, 0.29) is 5.91 Å². The summed E-state index contributed by atoms with van der Waals surface area (Å²) in [6, 6.07) is 5.02. The molecule has 0 aliphatic rings. The molecular weight excluding hydrogens is 232 g/mol. The Morgan fingerprint density at radius 3 is 2.93 bits per heavy atom. The molecule has 0 aliphatic carbocycles. The van der Waals surface area contributed by atoms with Gasteiger partial charge in [-0.3, -0.25) is 4.79 Å². The minimum Gasteiger partial charge on any atom is -0.399 e. The number of hydrogen-bond donors (Lipinski definition) is 2. The second kappa shape index (κ2) is 5.88. The van der Waals surface area contributed by atoms with Crippen molar-refractivity contribution in [2.75, 3.05) is 23.1 Å². The number of carbonyl (C=O) groups excluding carboxylic acids is 1. The van der Waals surface area contributed by atoms with E-state index in [4.69, 9.17) is 17.3 Å². The Hall–Kier alpha value is -0.870. The number of thioether (sulfide) groups is 1. The fraction of sp³-hybridized carbons (Fsp3) is 0.300. The number of amides is 1. The molecule has 0 radical (unpaired) electrons. The minimum absolute atomic E-state index is 0.0315. The monoisotopic (exact) mass is 244 g/mol. The van der Waals surface area contributed by atoms with Crippen LogP contribution in [0.25, 0.3) is 0 Å². The maximum absolute atomic E-state index is 11.4. The number of benzene rings is 1. The van der Waals surface area contributed by atoms with Gasteiger partial charge < -0.3 is 11.1 Å². The Morgan fingerprint density at radius 2 is 2.33 bits per heavy atom. The molecule has 0 saturated carbocycles. The number of nitrogens with one attached hydrogen (secondary N) is 1. The second-order valence-corrected chi connectivity index (χ2v) is 4.42. The smallest absolute Gasteiger partial charge is 0.225 e. The Balaban J connectivity index is 2.60. The number of anilines is 2. The first-order chi connectivity index (χ1) is 7.13. The van der Waals surface area contributed by atoms with Crippen LogP contribution in [0.15, 0.2) is 18.2 Å². The van der Waals surface area contributed by atoms with Gasteiger partial charge in [-0.05, 0) is 24.5 Å². The van der Waals surface area contributed by atoms with Gasteiger partial charge in [-0.1, -0.05) is 11.6 Å². The van der Waals surface area contributed by atoms with Gasteiger partial charge in [0.1, 0.15) is 0 Å². The van der Waals surface area contributed by atoms with E-state index in [0.29, 0.717) is 22.8 Å². The van der Waals surface area contributed by atoms with E-state index < -0.39 is 0 Å². The fourth-order valence-electron chi connectivity index (χ4n) is 1.04. The first-order valence-corrected chi connectivity index (χ1v) is 6.24. The van der Waals surface area contributed by atoms with Crippen LogP contribution in [0, 0.1) is 0 Å². The normalized spacial score (nSPS) is 10.0. The summed E-state index contributed by atoms with van der Waals surface area (Å²) >= 11 is 7.54. The molecule has 82 valence electrons. The van der Waals surface area contributed by atoms with Gasteiger partial charge in [0.2, 0.25) is 5.91 Å². The lowest BCUT2D eigenvalue weighted by molar-refractivity contribution is -0.115. The molecule has 0 unspecified atom stereocenters. The largest absolute Gasteiger partial charge is 0.399 e. The second-order valence-electron chi connectivity index (χ2n) is 3.03. The molecule has 1 rings (SSSR count). The predicted octanol–water partition coefficient (Wildman–Crippen LogP) is 2.61. The maximum atomic E-state index is 11.4. The van der Waals surface area contributed by atoms with Gasteiger partial charge in [-0.15, -0.1) is 0 Å². The molecule has 1 amide bonds. The Morgan fingerprint density at radius 1 is 1.60 bits per heavy atom. The van der Waals surface area contributed by atoms with E-state index in [1.54, 1.807) is 30.0 Å². The van der Waals surface area contributed by atoms with Crippen molar-refractivity contribution in [1.29, 1.82) is 0 Å². The van der Waals surface area contributed by atoms with Gasteiger partial charge in [-0.25, -0.2) is 0 Å². The van der Waals surface area contributed by atoms with E-state index in [1.807, 2.05) is 6.26 Å². The summed E-state index contributed by atoms with van der Waals surface area (Å²) in [5, 5.41) is 3.20. The molecule has 0 aliphatic heterocycles. The third-order valence-corrected chi connectivity index (χ3v) is 2.73. The molecule has 1 aromatic carbocycles. The third kappa shape index (κ3) is 4.01. The fourth-order valence-corrected chi connectivity index (χ4v) is 1.67. The molecule has 0 fully saturated rings. The van der Waals surface area contributed by atoms with Crippen LogP contribution in [-0.2, 0) is 4.79 Å². The zero-order valence-corrected chi connectivity index (χ0v) is 9.99. The molecule has 3 N–H and O–H groups in total. The first-order valence-electron chi connectivity index (χ1n) is 4.47. The Bertz CT molecular complexity index is 357. The van der Waals surface area contributed by atoms with Crippen LogP contribution in [0.4, 0.5) is 11.4 Å². The Labute approximate surface area is 98.4 Å². The molecule has 0 saturated heterocycles. The van der Waals surface area contributed by atoms with Crippen molar-refractivity contribution in [1.82, 2.24) is 0 Å². The number of nitrogen functional groups attached to an aromatic ring is 1. The van der Waals surface area contributed by atoms with Crippen molar-refractivity contribution < 1.29 is 4.79 Å². The molecule has 5 heteroatoms. The number of hydrogen-bond acceptors (Lipinski definition) is 3. The minimum atomic E-state index is -0.0315. The van der Waals surface area contributed by atoms with Crippen LogP contribution in [-0.4, -0.2) is 17.9 Å². The number of nitrogens with two attached hydrogens (primary N) is 1. The third-order valence-electron chi connectivity index (χ3n) is 1.80. The van der Waals surface area contributed by atoms with Crippen LogP contribution in [0.3, 0.4) is 0 Å². The van der Waals surface area contributed by atoms with Crippen molar-refractivity contribution in [3.05, 3.63) is 23.2 Å². The lowest BCUT2D eigenvalue weighted by Gasteiger charge is -2.07. The lowest BCUT2D eigenvalue weighted by atomic mass is 10.3. The highest BCUT2D eigenvalue weighted by atomic mass is 35.5. The highest BCUT2D eigenvalue weighted by molar-refractivity contribution is 7.98. The van der Waals surface area contributed by atoms with Crippen LogP contribution in [0.5, 0.6) is 0 Å². The van der Waals surface area contributed by atoms with Gasteiger partial charge in [-0.2, -0.15) is 11.8 Å². The summed E-state index contributed by atoms with van der Waals surface area (Å²) < 4.78 is 0. The highest BCUT2D eigenvalue weighted by Gasteiger charge is 2.05. The maximum Gasteiger partial charge on any atom is 0.225 e. The average Bonchev–Trinajstić information content (AvgIpc) is 2.19. The molecule has 3 nitrogen and oxygen atoms in total. The van der Waals surface area contributed by atoms with Crippen molar-refractivity contribution in [3.63, 3.8) is 0 Å². The van der Waals surface area contributed by atoms with Crippen molar-refractivity contribution in [3.8, 4) is 0 Å². The van der Waals surface area contributed by atoms with Crippen molar-refractivity contribution >= 4 is 40.6 Å². The summed E-state index contributed by atoms with van der Waals surface area (Å²) in [5.74, 6) is 0.773. The van der Waals surface area contributed by atoms with Gasteiger partial charge >= 0.3 is 0 Å². The highest BCUT2D eigenvalue weighted by Crippen LogP contribution is 2.24. The predicted molar refractivity (Wildman–Crippen MR) is 67.5 cm³/mol. The van der Waals surface area contributed by atoms with Gasteiger partial charge in [0.05, 0.1) is 10.7 Å². The molecule has 1 aromatic rings. The SMILES string of the molecule is CSCCC(=O)Nc1ccc(N)cc1Cl. The summed E-state index contributed by atoms with van der Waals surface area (Å²) in [7, 11) is 0. The molecular formula is C10H13ClN2OS. The molecule has 0 bridgehead atoms. The van der Waals surface area contributed by atoms with Crippen LogP contribution < -0.4 is 11.1 Å². The summed E-state index contributed by atoms with van der Waals surface area (Å²) in [5.41, 5.74) is 6.73. The van der Waals surface area contributed by atoms with E-state index >= 15 is 0 Å². The van der Waals surface area contributed by atoms with Gasteiger partial charge in [0, 0.05) is 17.9 Å². The summed E-state index contributed by atoms with van der Waals surface area (Å²) in [4.78, 5) is 11.4. The van der Waals surface area contributed by atoms with E-state index in [9.17, 15) is 4.79 Å². The number of halogens is 1. The van der Waals surface area contributed by atoms with Crippen LogP contribution in [0.2, 0.25) is 5.02 Å². The van der Waals surface area contributed by atoms with E-state index in [0.717, 1.165) is 5.75 Å². The Kier molecular flexibility index (Phi) is 4.78. The zero-order chi connectivity index (χ0) is 11.3. The number of rotatable bonds is 4. The van der Waals surface area contributed by atoms with Crippen molar-refractivity contribution in [2.24, 2.45) is 0 Å². The summed E-state index contributed by atoms with van der Waals surface area (Å²) in [6.07, 6.45) is 2.45. The molecule has 15 heavy (non-hydrogen) atoms. The van der Waals surface area contributed by atoms with Crippen LogP contribution >= 0.6 is 23.4 Å². The van der Waals surface area contributed by atoms with Crippen molar-refractivity contribution in [2.45, 2.75) is 6.42 Å². The molecule has 0 aromatic heterocycles. The first kappa shape index (κ1) is 12.2. The van der Waals surface area contributed by atoms with Gasteiger partial charge in [0.15, 0.2) is 0 Å². The van der Waals surface area contributed by atoms with Gasteiger partial charge in [0.25, 0.3) is 0 Å². The molecule has 0 atom stereocenters. The topological polar surface area (TPSA) is 55.1 Å². The van der Waals surface area contributed by atoms with E-state index in [2.05, 4.69) is 5.32 Å². The average molecular weight is 245 g/mol. The standard InChI is InChI=1S/C10H13ClN2OS/c1-15-5-4-10(14)13-9-3-2-7(12)6-8(9)11/h2-3,6H,4-5,12H2,1H3,(H,13,14). The quantitative estimate of drug-likeness (QED) is 0.801. The van der Waals surface area contributed by atoms with E-state index in [1.165, 1.54) is 0 Å². The van der Waals surface area contributed by atoms with Crippen LogP contribution in [0.1, 0.15) is 6.42 Å². The lowest BCUT2D eigenvalue weighted by Crippen LogP contribution is -2.12. The molecule has 0 heterocycles. The molecule has 0 spiro atoms. The zero-order valence-electron chi connectivity index (χ0n) is 8.42. The summed E-state index contributed by atoms with van der Waals surface area (Å²) in [6.45, 7) is 0.